The van der Waals surface area contributed by atoms with E-state index in [0.29, 0.717) is 24.1 Å². The molecule has 6 heteroatoms. The number of amides is 2. The van der Waals surface area contributed by atoms with E-state index < -0.39 is 5.97 Å². The van der Waals surface area contributed by atoms with Gasteiger partial charge >= 0.3 is 12.0 Å². The van der Waals surface area contributed by atoms with Crippen molar-refractivity contribution in [1.29, 1.82) is 0 Å². The lowest BCUT2D eigenvalue weighted by Gasteiger charge is -2.16. The molecule has 6 nitrogen and oxygen atoms in total. The minimum absolute atomic E-state index is 0.0483. The van der Waals surface area contributed by atoms with Gasteiger partial charge in [-0.3, -0.25) is 4.98 Å². The molecule has 0 radical (unpaired) electrons. The second-order valence-corrected chi connectivity index (χ2v) is 5.27. The fourth-order valence-electron chi connectivity index (χ4n) is 2.55. The van der Waals surface area contributed by atoms with Gasteiger partial charge in [-0.05, 0) is 24.3 Å². The number of hydrogen-bond acceptors (Lipinski definition) is 3. The van der Waals surface area contributed by atoms with E-state index in [1.54, 1.807) is 0 Å². The van der Waals surface area contributed by atoms with Crippen LogP contribution < -0.4 is 10.6 Å². The van der Waals surface area contributed by atoms with Gasteiger partial charge in [0, 0.05) is 12.7 Å². The molecule has 0 aliphatic heterocycles. The zero-order valence-electron chi connectivity index (χ0n) is 11.4. The predicted molar refractivity (Wildman–Crippen MR) is 74.7 cm³/mol. The molecule has 0 saturated heterocycles. The van der Waals surface area contributed by atoms with Crippen LogP contribution in [0.1, 0.15) is 36.5 Å². The number of anilines is 1. The molecule has 1 aliphatic carbocycles. The molecular formula is C14H19N3O3. The Balaban J connectivity index is 1.85. The van der Waals surface area contributed by atoms with Gasteiger partial charge in [0.15, 0.2) is 0 Å². The normalized spacial score (nSPS) is 21.4. The van der Waals surface area contributed by atoms with Crippen molar-refractivity contribution in [3.63, 3.8) is 0 Å². The molecule has 20 heavy (non-hydrogen) atoms. The van der Waals surface area contributed by atoms with E-state index in [4.69, 9.17) is 5.11 Å². The molecule has 0 spiro atoms. The van der Waals surface area contributed by atoms with E-state index in [1.807, 2.05) is 0 Å². The van der Waals surface area contributed by atoms with Crippen molar-refractivity contribution in [3.8, 4) is 0 Å². The fourth-order valence-corrected chi connectivity index (χ4v) is 2.55. The summed E-state index contributed by atoms with van der Waals surface area (Å²) in [5, 5.41) is 14.3. The van der Waals surface area contributed by atoms with Crippen molar-refractivity contribution in [2.24, 2.45) is 11.8 Å². The largest absolute Gasteiger partial charge is 0.478 e. The summed E-state index contributed by atoms with van der Waals surface area (Å²) in [5.41, 5.74) is 0.425. The Hall–Kier alpha value is -2.11. The molecule has 2 rings (SSSR count). The minimum Gasteiger partial charge on any atom is -0.478 e. The Labute approximate surface area is 117 Å². The lowest BCUT2D eigenvalue weighted by atomic mass is 9.98. The molecule has 1 heterocycles. The molecule has 1 aromatic rings. The van der Waals surface area contributed by atoms with Gasteiger partial charge in [0.25, 0.3) is 0 Å². The SMILES string of the molecule is CC1CCCC1CNC(=O)Nc1cncc(C(=O)O)c1. The summed E-state index contributed by atoms with van der Waals surface area (Å²) in [6, 6.07) is 1.06. The van der Waals surface area contributed by atoms with Crippen molar-refractivity contribution < 1.29 is 14.7 Å². The van der Waals surface area contributed by atoms with Crippen LogP contribution in [0.2, 0.25) is 0 Å². The van der Waals surface area contributed by atoms with E-state index in [0.717, 1.165) is 6.42 Å². The monoisotopic (exact) mass is 277 g/mol. The number of nitrogens with one attached hydrogen (secondary N) is 2. The second kappa shape index (κ2) is 6.36. The van der Waals surface area contributed by atoms with E-state index in [-0.39, 0.29) is 11.6 Å². The van der Waals surface area contributed by atoms with E-state index in [9.17, 15) is 9.59 Å². The maximum atomic E-state index is 11.8. The van der Waals surface area contributed by atoms with Crippen molar-refractivity contribution in [2.75, 3.05) is 11.9 Å². The molecule has 0 bridgehead atoms. The number of aromatic nitrogens is 1. The summed E-state index contributed by atoms with van der Waals surface area (Å²) in [5.74, 6) is 0.109. The highest BCUT2D eigenvalue weighted by Crippen LogP contribution is 2.30. The van der Waals surface area contributed by atoms with Gasteiger partial charge in [0.05, 0.1) is 17.4 Å². The summed E-state index contributed by atoms with van der Waals surface area (Å²) in [7, 11) is 0. The van der Waals surface area contributed by atoms with Gasteiger partial charge in [0.2, 0.25) is 0 Å². The van der Waals surface area contributed by atoms with Crippen LogP contribution in [0.3, 0.4) is 0 Å². The molecule has 1 fully saturated rings. The van der Waals surface area contributed by atoms with Crippen LogP contribution in [0.4, 0.5) is 10.5 Å². The molecule has 0 aromatic carbocycles. The van der Waals surface area contributed by atoms with Crippen molar-refractivity contribution in [3.05, 3.63) is 24.0 Å². The van der Waals surface area contributed by atoms with Crippen LogP contribution >= 0.6 is 0 Å². The first-order chi connectivity index (χ1) is 9.56. The van der Waals surface area contributed by atoms with Crippen LogP contribution in [-0.2, 0) is 0 Å². The van der Waals surface area contributed by atoms with Gasteiger partial charge in [0.1, 0.15) is 0 Å². The molecular weight excluding hydrogens is 258 g/mol. The standard InChI is InChI=1S/C14H19N3O3/c1-9-3-2-4-10(9)7-16-14(20)17-12-5-11(13(18)19)6-15-8-12/h5-6,8-10H,2-4,7H2,1H3,(H,18,19)(H2,16,17,20). The molecule has 2 amide bonds. The average molecular weight is 277 g/mol. The Kier molecular flexibility index (Phi) is 4.55. The van der Waals surface area contributed by atoms with Crippen LogP contribution in [0, 0.1) is 11.8 Å². The average Bonchev–Trinajstić information content (AvgIpc) is 2.82. The maximum absolute atomic E-state index is 11.8. The first kappa shape index (κ1) is 14.3. The van der Waals surface area contributed by atoms with Crippen LogP contribution in [0.5, 0.6) is 0 Å². The summed E-state index contributed by atoms with van der Waals surface area (Å²) in [6.07, 6.45) is 6.26. The predicted octanol–water partition coefficient (Wildman–Crippen LogP) is 2.34. The van der Waals surface area contributed by atoms with E-state index >= 15 is 0 Å². The number of aromatic carboxylic acids is 1. The van der Waals surface area contributed by atoms with Crippen LogP contribution in [0.15, 0.2) is 18.5 Å². The Bertz CT molecular complexity index is 504. The lowest BCUT2D eigenvalue weighted by Crippen LogP contribution is -2.33. The number of carbonyl (C=O) groups excluding carboxylic acids is 1. The third-order valence-corrected chi connectivity index (χ3v) is 3.81. The molecule has 2 unspecified atom stereocenters. The first-order valence-corrected chi connectivity index (χ1v) is 6.79. The number of carboxylic acids is 1. The van der Waals surface area contributed by atoms with Crippen molar-refractivity contribution in [1.82, 2.24) is 10.3 Å². The number of pyridine rings is 1. The van der Waals surface area contributed by atoms with Gasteiger partial charge in [-0.15, -0.1) is 0 Å². The number of rotatable bonds is 4. The molecule has 108 valence electrons. The Morgan fingerprint density at radius 2 is 2.20 bits per heavy atom. The Morgan fingerprint density at radius 1 is 1.40 bits per heavy atom. The fraction of sp³-hybridized carbons (Fsp3) is 0.500. The number of nitrogens with zero attached hydrogens (tertiary/aromatic N) is 1. The number of hydrogen-bond donors (Lipinski definition) is 3. The molecule has 1 aliphatic rings. The minimum atomic E-state index is -1.07. The second-order valence-electron chi connectivity index (χ2n) is 5.27. The molecule has 3 N–H and O–H groups in total. The Morgan fingerprint density at radius 3 is 2.85 bits per heavy atom. The van der Waals surface area contributed by atoms with Gasteiger partial charge in [-0.2, -0.15) is 0 Å². The third kappa shape index (κ3) is 3.69. The highest BCUT2D eigenvalue weighted by atomic mass is 16.4. The van der Waals surface area contributed by atoms with E-state index in [2.05, 4.69) is 22.5 Å². The van der Waals surface area contributed by atoms with E-state index in [1.165, 1.54) is 31.3 Å². The highest BCUT2D eigenvalue weighted by Gasteiger charge is 2.23. The van der Waals surface area contributed by atoms with Gasteiger partial charge < -0.3 is 15.7 Å². The third-order valence-electron chi connectivity index (χ3n) is 3.81. The summed E-state index contributed by atoms with van der Waals surface area (Å²) >= 11 is 0. The molecule has 1 saturated carbocycles. The summed E-state index contributed by atoms with van der Waals surface area (Å²) < 4.78 is 0. The first-order valence-electron chi connectivity index (χ1n) is 6.79. The summed E-state index contributed by atoms with van der Waals surface area (Å²) in [6.45, 7) is 2.86. The van der Waals surface area contributed by atoms with Crippen LogP contribution in [-0.4, -0.2) is 28.6 Å². The van der Waals surface area contributed by atoms with Crippen LogP contribution in [0.25, 0.3) is 0 Å². The molecule has 1 aromatic heterocycles. The van der Waals surface area contributed by atoms with Crippen molar-refractivity contribution >= 4 is 17.7 Å². The topological polar surface area (TPSA) is 91.3 Å². The molecule has 2 atom stereocenters. The maximum Gasteiger partial charge on any atom is 0.337 e. The number of urea groups is 1. The highest BCUT2D eigenvalue weighted by molar-refractivity contribution is 5.92. The zero-order valence-corrected chi connectivity index (χ0v) is 11.4. The zero-order chi connectivity index (χ0) is 14.5. The smallest absolute Gasteiger partial charge is 0.337 e. The number of carboxylic acid groups (broad SMARTS) is 1. The lowest BCUT2D eigenvalue weighted by molar-refractivity contribution is 0.0696. The summed E-state index contributed by atoms with van der Waals surface area (Å²) in [4.78, 5) is 26.4. The van der Waals surface area contributed by atoms with Crippen molar-refractivity contribution in [2.45, 2.75) is 26.2 Å². The van der Waals surface area contributed by atoms with Gasteiger partial charge in [-0.1, -0.05) is 19.8 Å². The van der Waals surface area contributed by atoms with Gasteiger partial charge in [-0.25, -0.2) is 9.59 Å². The quantitative estimate of drug-likeness (QED) is 0.787. The number of carbonyl (C=O) groups is 2.